The first-order chi connectivity index (χ1) is 16.4. The van der Waals surface area contributed by atoms with Crippen LogP contribution in [0, 0.1) is 5.92 Å². The molecule has 1 aromatic carbocycles. The topological polar surface area (TPSA) is 214 Å². The van der Waals surface area contributed by atoms with E-state index in [2.05, 4.69) is 28.6 Å². The minimum Gasteiger partial charge on any atom is -0.508 e. The summed E-state index contributed by atoms with van der Waals surface area (Å²) >= 11 is 4.04. The number of benzene rings is 1. The van der Waals surface area contributed by atoms with Crippen molar-refractivity contribution in [2.24, 2.45) is 17.4 Å². The quantitative estimate of drug-likeness (QED) is 0.139. The fourth-order valence-corrected chi connectivity index (χ4v) is 3.25. The molecule has 0 heterocycles. The van der Waals surface area contributed by atoms with E-state index in [0.717, 1.165) is 0 Å². The van der Waals surface area contributed by atoms with Gasteiger partial charge in [0.05, 0.1) is 12.5 Å². The predicted molar refractivity (Wildman–Crippen MR) is 130 cm³/mol. The van der Waals surface area contributed by atoms with Crippen molar-refractivity contribution >= 4 is 42.2 Å². The van der Waals surface area contributed by atoms with Gasteiger partial charge in [-0.3, -0.25) is 19.2 Å². The van der Waals surface area contributed by atoms with E-state index in [9.17, 15) is 34.2 Å². The van der Waals surface area contributed by atoms with Crippen LogP contribution in [0.2, 0.25) is 0 Å². The first kappa shape index (κ1) is 29.7. The standard InChI is InChI=1S/C22H33N5O7S/c1-3-11(2)18(24)21(32)25-14(8-12-4-6-13(28)7-5-12)19(30)27-16(10-35)20(31)26-15(22(33)34)9-17(23)29/h4-7,11,14-16,18,28,35H,3,8-10,24H2,1-2H3,(H2,23,29)(H,25,32)(H,26,31)(H,27,30)(H,33,34). The third-order valence-corrected chi connectivity index (χ3v) is 5.77. The number of phenolic OH excluding ortho intramolecular Hbond substituents is 1. The molecule has 12 nitrogen and oxygen atoms in total. The van der Waals surface area contributed by atoms with Crippen LogP contribution >= 0.6 is 12.6 Å². The van der Waals surface area contributed by atoms with Gasteiger partial charge in [0.1, 0.15) is 23.9 Å². The van der Waals surface area contributed by atoms with Gasteiger partial charge in [-0.15, -0.1) is 0 Å². The summed E-state index contributed by atoms with van der Waals surface area (Å²) in [6.07, 6.45) is 0.0219. The number of amides is 4. The van der Waals surface area contributed by atoms with Gasteiger partial charge >= 0.3 is 5.97 Å². The summed E-state index contributed by atoms with van der Waals surface area (Å²) in [6.45, 7) is 3.67. The fraction of sp³-hybridized carbons (Fsp3) is 0.500. The van der Waals surface area contributed by atoms with E-state index >= 15 is 0 Å². The lowest BCUT2D eigenvalue weighted by Gasteiger charge is -2.25. The molecule has 0 aromatic heterocycles. The largest absolute Gasteiger partial charge is 0.508 e. The lowest BCUT2D eigenvalue weighted by molar-refractivity contribution is -0.143. The highest BCUT2D eigenvalue weighted by molar-refractivity contribution is 7.80. The molecule has 4 amide bonds. The highest BCUT2D eigenvalue weighted by Crippen LogP contribution is 2.12. The van der Waals surface area contributed by atoms with E-state index in [1.54, 1.807) is 19.1 Å². The Kier molecular flexibility index (Phi) is 12.0. The van der Waals surface area contributed by atoms with Crippen LogP contribution in [0.1, 0.15) is 32.3 Å². The van der Waals surface area contributed by atoms with Gasteiger partial charge in [-0.2, -0.15) is 12.6 Å². The molecule has 35 heavy (non-hydrogen) atoms. The van der Waals surface area contributed by atoms with Gasteiger partial charge in [-0.05, 0) is 23.6 Å². The Morgan fingerprint density at radius 1 is 0.943 bits per heavy atom. The third kappa shape index (κ3) is 9.83. The van der Waals surface area contributed by atoms with Gasteiger partial charge in [-0.1, -0.05) is 32.4 Å². The van der Waals surface area contributed by atoms with Crippen LogP contribution in [0.5, 0.6) is 5.75 Å². The molecule has 9 N–H and O–H groups in total. The summed E-state index contributed by atoms with van der Waals surface area (Å²) in [7, 11) is 0. The van der Waals surface area contributed by atoms with Crippen molar-refractivity contribution in [1.82, 2.24) is 16.0 Å². The number of thiol groups is 1. The highest BCUT2D eigenvalue weighted by Gasteiger charge is 2.31. The van der Waals surface area contributed by atoms with Crippen LogP contribution in [-0.4, -0.2) is 69.7 Å². The van der Waals surface area contributed by atoms with Crippen molar-refractivity contribution in [3.8, 4) is 5.75 Å². The van der Waals surface area contributed by atoms with Crippen LogP contribution in [0.3, 0.4) is 0 Å². The molecule has 0 saturated carbocycles. The monoisotopic (exact) mass is 511 g/mol. The number of aliphatic carboxylic acids is 1. The van der Waals surface area contributed by atoms with E-state index < -0.39 is 60.2 Å². The fourth-order valence-electron chi connectivity index (χ4n) is 3.00. The van der Waals surface area contributed by atoms with E-state index in [1.807, 2.05) is 6.92 Å². The number of nitrogens with one attached hydrogen (secondary N) is 3. The zero-order valence-corrected chi connectivity index (χ0v) is 20.5. The van der Waals surface area contributed by atoms with Crippen molar-refractivity contribution in [3.05, 3.63) is 29.8 Å². The van der Waals surface area contributed by atoms with Crippen molar-refractivity contribution in [3.63, 3.8) is 0 Å². The number of nitrogens with two attached hydrogens (primary N) is 2. The normalized spacial score (nSPS) is 15.1. The number of carboxylic acids is 1. The number of phenols is 1. The van der Waals surface area contributed by atoms with Crippen LogP contribution in [0.15, 0.2) is 24.3 Å². The Bertz CT molecular complexity index is 912. The van der Waals surface area contributed by atoms with Crippen LogP contribution in [0.25, 0.3) is 0 Å². The number of rotatable bonds is 14. The van der Waals surface area contributed by atoms with E-state index in [4.69, 9.17) is 11.5 Å². The zero-order chi connectivity index (χ0) is 26.7. The molecule has 1 rings (SSSR count). The van der Waals surface area contributed by atoms with Gasteiger partial charge < -0.3 is 37.6 Å². The number of carboxylic acid groups (broad SMARTS) is 1. The van der Waals surface area contributed by atoms with Gasteiger partial charge in [0.2, 0.25) is 23.6 Å². The lowest BCUT2D eigenvalue weighted by Crippen LogP contribution is -2.58. The molecule has 1 aromatic rings. The van der Waals surface area contributed by atoms with E-state index in [1.165, 1.54) is 12.1 Å². The molecular formula is C22H33N5O7S. The number of carbonyl (C=O) groups is 5. The maximum absolute atomic E-state index is 13.1. The first-order valence-electron chi connectivity index (χ1n) is 11.0. The van der Waals surface area contributed by atoms with E-state index in [0.29, 0.717) is 12.0 Å². The van der Waals surface area contributed by atoms with Gasteiger partial charge in [0.25, 0.3) is 0 Å². The molecule has 194 valence electrons. The van der Waals surface area contributed by atoms with Gasteiger partial charge in [0, 0.05) is 12.2 Å². The number of hydrogen-bond donors (Lipinski definition) is 8. The second-order valence-electron chi connectivity index (χ2n) is 8.16. The SMILES string of the molecule is CCC(C)C(N)C(=O)NC(Cc1ccc(O)cc1)C(=O)NC(CS)C(=O)NC(CC(N)=O)C(=O)O. The summed E-state index contributed by atoms with van der Waals surface area (Å²) in [5.41, 5.74) is 11.6. The molecule has 0 aliphatic rings. The second-order valence-corrected chi connectivity index (χ2v) is 8.52. The van der Waals surface area contributed by atoms with Crippen LogP contribution in [0.4, 0.5) is 0 Å². The predicted octanol–water partition coefficient (Wildman–Crippen LogP) is -1.35. The summed E-state index contributed by atoms with van der Waals surface area (Å²) in [5, 5.41) is 25.9. The molecule has 0 bridgehead atoms. The minimum absolute atomic E-state index is 0.0193. The third-order valence-electron chi connectivity index (χ3n) is 5.40. The smallest absolute Gasteiger partial charge is 0.326 e. The molecule has 0 radical (unpaired) electrons. The van der Waals surface area contributed by atoms with Gasteiger partial charge in [0.15, 0.2) is 0 Å². The lowest BCUT2D eigenvalue weighted by atomic mass is 9.98. The number of aromatic hydroxyl groups is 1. The summed E-state index contributed by atoms with van der Waals surface area (Å²) in [4.78, 5) is 60.7. The van der Waals surface area contributed by atoms with E-state index in [-0.39, 0.29) is 23.8 Å². The number of hydrogen-bond acceptors (Lipinski definition) is 8. The average molecular weight is 512 g/mol. The maximum atomic E-state index is 13.1. The minimum atomic E-state index is -1.58. The van der Waals surface area contributed by atoms with Crippen LogP contribution in [-0.2, 0) is 30.4 Å². The molecule has 5 atom stereocenters. The Balaban J connectivity index is 3.05. The second kappa shape index (κ2) is 14.2. The molecule has 0 saturated heterocycles. The molecule has 0 aliphatic heterocycles. The maximum Gasteiger partial charge on any atom is 0.326 e. The highest BCUT2D eigenvalue weighted by atomic mass is 32.1. The molecule has 0 aliphatic carbocycles. The van der Waals surface area contributed by atoms with Gasteiger partial charge in [-0.25, -0.2) is 4.79 Å². The molecule has 5 unspecified atom stereocenters. The Morgan fingerprint density at radius 2 is 1.46 bits per heavy atom. The van der Waals surface area contributed by atoms with Crippen LogP contribution < -0.4 is 27.4 Å². The Morgan fingerprint density at radius 3 is 1.94 bits per heavy atom. The molecular weight excluding hydrogens is 478 g/mol. The zero-order valence-electron chi connectivity index (χ0n) is 19.6. The van der Waals surface area contributed by atoms with Crippen molar-refractivity contribution in [2.75, 3.05) is 5.75 Å². The summed E-state index contributed by atoms with van der Waals surface area (Å²) in [5.74, 6) is -4.93. The first-order valence-corrected chi connectivity index (χ1v) is 11.6. The average Bonchev–Trinajstić information content (AvgIpc) is 2.81. The van der Waals surface area contributed by atoms with Crippen molar-refractivity contribution < 1.29 is 34.2 Å². The Hall–Kier alpha value is -3.32. The molecule has 0 spiro atoms. The summed E-state index contributed by atoms with van der Waals surface area (Å²) < 4.78 is 0. The number of primary amides is 1. The van der Waals surface area contributed by atoms with Crippen molar-refractivity contribution in [1.29, 1.82) is 0 Å². The number of carbonyl (C=O) groups excluding carboxylic acids is 4. The molecule has 13 heteroatoms. The Labute approximate surface area is 208 Å². The van der Waals surface area contributed by atoms with Crippen molar-refractivity contribution in [2.45, 2.75) is 57.3 Å². The summed E-state index contributed by atoms with van der Waals surface area (Å²) in [6, 6.07) is 1.11. The molecule has 0 fully saturated rings.